The van der Waals surface area contributed by atoms with Gasteiger partial charge in [0.15, 0.2) is 0 Å². The second-order valence-corrected chi connectivity index (χ2v) is 5.07. The van der Waals surface area contributed by atoms with Crippen molar-refractivity contribution in [3.05, 3.63) is 23.5 Å². The first kappa shape index (κ1) is 16.0. The molecule has 0 atom stereocenters. The molecule has 0 aromatic carbocycles. The van der Waals surface area contributed by atoms with Gasteiger partial charge in [-0.2, -0.15) is 0 Å². The van der Waals surface area contributed by atoms with E-state index in [2.05, 4.69) is 11.9 Å². The van der Waals surface area contributed by atoms with Gasteiger partial charge < -0.3 is 10.5 Å². The van der Waals surface area contributed by atoms with Crippen LogP contribution in [0.2, 0.25) is 0 Å². The molecule has 0 aliphatic rings. The Labute approximate surface area is 117 Å². The average molecular weight is 264 g/mol. The summed E-state index contributed by atoms with van der Waals surface area (Å²) in [5.41, 5.74) is 7.53. The molecule has 0 aliphatic heterocycles. The highest BCUT2D eigenvalue weighted by molar-refractivity contribution is 5.29. The fourth-order valence-electron chi connectivity index (χ4n) is 2.12. The molecule has 3 heteroatoms. The lowest BCUT2D eigenvalue weighted by Gasteiger charge is -2.10. The maximum Gasteiger partial charge on any atom is 0.142 e. The van der Waals surface area contributed by atoms with Crippen molar-refractivity contribution >= 4 is 0 Å². The van der Waals surface area contributed by atoms with Crippen LogP contribution in [0.1, 0.15) is 63.3 Å². The number of unbranched alkanes of at least 4 members (excludes halogenated alkanes) is 6. The summed E-state index contributed by atoms with van der Waals surface area (Å²) in [7, 11) is 0. The number of nitrogens with two attached hydrogens (primary N) is 1. The van der Waals surface area contributed by atoms with Gasteiger partial charge in [-0.25, -0.2) is 0 Å². The Morgan fingerprint density at radius 1 is 1.05 bits per heavy atom. The van der Waals surface area contributed by atoms with Gasteiger partial charge in [0.25, 0.3) is 0 Å². The van der Waals surface area contributed by atoms with Crippen molar-refractivity contribution in [2.45, 2.75) is 65.3 Å². The van der Waals surface area contributed by atoms with E-state index in [1.165, 1.54) is 38.5 Å². The van der Waals surface area contributed by atoms with E-state index in [1.54, 1.807) is 0 Å². The summed E-state index contributed by atoms with van der Waals surface area (Å²) in [5, 5.41) is 0. The molecule has 3 nitrogen and oxygen atoms in total. The van der Waals surface area contributed by atoms with Gasteiger partial charge in [0.2, 0.25) is 0 Å². The fourth-order valence-corrected chi connectivity index (χ4v) is 2.12. The topological polar surface area (TPSA) is 48.1 Å². The number of nitrogens with zero attached hydrogens (tertiary/aromatic N) is 1. The monoisotopic (exact) mass is 264 g/mol. The van der Waals surface area contributed by atoms with Crippen LogP contribution in [0, 0.1) is 6.92 Å². The van der Waals surface area contributed by atoms with Gasteiger partial charge in [0.1, 0.15) is 5.75 Å². The van der Waals surface area contributed by atoms with E-state index in [0.717, 1.165) is 30.2 Å². The third-order valence-electron chi connectivity index (χ3n) is 3.27. The van der Waals surface area contributed by atoms with E-state index in [0.29, 0.717) is 6.54 Å². The van der Waals surface area contributed by atoms with Crippen LogP contribution in [0.5, 0.6) is 5.75 Å². The Bertz CT molecular complexity index is 353. The standard InChI is InChI=1S/C16H28N2O/c1-3-4-5-6-7-8-9-12-19-16-11-10-14(2)18-15(16)13-17/h10-11H,3-9,12-13,17H2,1-2H3. The summed E-state index contributed by atoms with van der Waals surface area (Å²) in [6.07, 6.45) is 9.09. The summed E-state index contributed by atoms with van der Waals surface area (Å²) in [6, 6.07) is 3.95. The van der Waals surface area contributed by atoms with Gasteiger partial charge in [-0.15, -0.1) is 0 Å². The number of aromatic nitrogens is 1. The zero-order valence-corrected chi connectivity index (χ0v) is 12.5. The second-order valence-electron chi connectivity index (χ2n) is 5.07. The molecular weight excluding hydrogens is 236 g/mol. The molecule has 0 unspecified atom stereocenters. The largest absolute Gasteiger partial charge is 0.492 e. The van der Waals surface area contributed by atoms with Crippen molar-refractivity contribution in [3.63, 3.8) is 0 Å². The molecule has 1 heterocycles. The predicted octanol–water partition coefficient (Wildman–Crippen LogP) is 3.98. The van der Waals surface area contributed by atoms with E-state index in [-0.39, 0.29) is 0 Å². The van der Waals surface area contributed by atoms with Crippen LogP contribution in [-0.4, -0.2) is 11.6 Å². The minimum atomic E-state index is 0.439. The molecule has 0 aliphatic carbocycles. The normalized spacial score (nSPS) is 10.7. The Balaban J connectivity index is 2.15. The molecule has 0 fully saturated rings. The number of pyridine rings is 1. The average Bonchev–Trinajstić information content (AvgIpc) is 2.43. The highest BCUT2D eigenvalue weighted by Gasteiger charge is 2.03. The van der Waals surface area contributed by atoms with Crippen molar-refractivity contribution < 1.29 is 4.74 Å². The number of rotatable bonds is 10. The Kier molecular flexibility index (Phi) is 8.23. The molecule has 19 heavy (non-hydrogen) atoms. The molecule has 0 radical (unpaired) electrons. The van der Waals surface area contributed by atoms with Crippen molar-refractivity contribution in [3.8, 4) is 5.75 Å². The van der Waals surface area contributed by atoms with Crippen LogP contribution in [0.15, 0.2) is 12.1 Å². The molecule has 0 spiro atoms. The molecule has 0 saturated heterocycles. The quantitative estimate of drug-likeness (QED) is 0.650. The highest BCUT2D eigenvalue weighted by atomic mass is 16.5. The fraction of sp³-hybridized carbons (Fsp3) is 0.688. The van der Waals surface area contributed by atoms with Gasteiger partial charge in [0, 0.05) is 12.2 Å². The molecule has 0 amide bonds. The summed E-state index contributed by atoms with van der Waals surface area (Å²) >= 11 is 0. The van der Waals surface area contributed by atoms with Crippen LogP contribution in [-0.2, 0) is 6.54 Å². The SMILES string of the molecule is CCCCCCCCCOc1ccc(C)nc1CN. The van der Waals surface area contributed by atoms with E-state index < -0.39 is 0 Å². The minimum absolute atomic E-state index is 0.439. The van der Waals surface area contributed by atoms with E-state index in [1.807, 2.05) is 19.1 Å². The van der Waals surface area contributed by atoms with Crippen LogP contribution in [0.3, 0.4) is 0 Å². The molecule has 1 aromatic rings. The van der Waals surface area contributed by atoms with Crippen molar-refractivity contribution in [1.82, 2.24) is 4.98 Å². The molecule has 1 rings (SSSR count). The first-order valence-electron chi connectivity index (χ1n) is 7.57. The minimum Gasteiger partial charge on any atom is -0.492 e. The molecular formula is C16H28N2O. The number of ether oxygens (including phenoxy) is 1. The smallest absolute Gasteiger partial charge is 0.142 e. The maximum absolute atomic E-state index is 5.77. The molecule has 1 aromatic heterocycles. The Morgan fingerprint density at radius 3 is 2.42 bits per heavy atom. The first-order chi connectivity index (χ1) is 9.27. The van der Waals surface area contributed by atoms with Gasteiger partial charge in [0.05, 0.1) is 12.3 Å². The molecule has 0 bridgehead atoms. The number of aryl methyl sites for hydroxylation is 1. The van der Waals surface area contributed by atoms with E-state index in [9.17, 15) is 0 Å². The lowest BCUT2D eigenvalue weighted by Crippen LogP contribution is -2.06. The second kappa shape index (κ2) is 9.79. The summed E-state index contributed by atoms with van der Waals surface area (Å²) in [4.78, 5) is 4.39. The highest BCUT2D eigenvalue weighted by Crippen LogP contribution is 2.17. The number of hydrogen-bond donors (Lipinski definition) is 1. The summed E-state index contributed by atoms with van der Waals surface area (Å²) in [5.74, 6) is 0.846. The third-order valence-corrected chi connectivity index (χ3v) is 3.27. The zero-order valence-electron chi connectivity index (χ0n) is 12.5. The van der Waals surface area contributed by atoms with Crippen molar-refractivity contribution in [1.29, 1.82) is 0 Å². The molecule has 2 N–H and O–H groups in total. The van der Waals surface area contributed by atoms with Crippen molar-refractivity contribution in [2.24, 2.45) is 5.73 Å². The van der Waals surface area contributed by atoms with Crippen LogP contribution in [0.4, 0.5) is 0 Å². The van der Waals surface area contributed by atoms with Crippen LogP contribution in [0.25, 0.3) is 0 Å². The predicted molar refractivity (Wildman–Crippen MR) is 80.4 cm³/mol. The summed E-state index contributed by atoms with van der Waals surface area (Å²) < 4.78 is 5.77. The van der Waals surface area contributed by atoms with Gasteiger partial charge in [-0.05, 0) is 25.5 Å². The Morgan fingerprint density at radius 2 is 1.74 bits per heavy atom. The number of hydrogen-bond acceptors (Lipinski definition) is 3. The maximum atomic E-state index is 5.77. The molecule has 108 valence electrons. The Hall–Kier alpha value is -1.09. The lowest BCUT2D eigenvalue weighted by atomic mass is 10.1. The van der Waals surface area contributed by atoms with Crippen LogP contribution < -0.4 is 10.5 Å². The van der Waals surface area contributed by atoms with E-state index >= 15 is 0 Å². The van der Waals surface area contributed by atoms with Gasteiger partial charge >= 0.3 is 0 Å². The van der Waals surface area contributed by atoms with Crippen LogP contribution >= 0.6 is 0 Å². The van der Waals surface area contributed by atoms with E-state index in [4.69, 9.17) is 10.5 Å². The molecule has 0 saturated carbocycles. The third kappa shape index (κ3) is 6.58. The first-order valence-corrected chi connectivity index (χ1v) is 7.57. The van der Waals surface area contributed by atoms with Gasteiger partial charge in [-0.3, -0.25) is 4.98 Å². The van der Waals surface area contributed by atoms with Gasteiger partial charge in [-0.1, -0.05) is 45.4 Å². The zero-order chi connectivity index (χ0) is 13.9. The summed E-state index contributed by atoms with van der Waals surface area (Å²) in [6.45, 7) is 5.43. The van der Waals surface area contributed by atoms with Crippen molar-refractivity contribution in [2.75, 3.05) is 6.61 Å². The lowest BCUT2D eigenvalue weighted by molar-refractivity contribution is 0.299.